The molecule has 1 aliphatic carbocycles. The maximum atomic E-state index is 13.6. The van der Waals surface area contributed by atoms with E-state index in [2.05, 4.69) is 20.9 Å². The number of nitrogens with zero attached hydrogens (tertiary/aromatic N) is 2. The van der Waals surface area contributed by atoms with Crippen molar-refractivity contribution in [1.29, 1.82) is 0 Å². The molecule has 3 amide bonds. The fraction of sp³-hybridized carbons (Fsp3) is 0.385. The number of aromatic hydroxyl groups is 1. The number of phenols is 1. The van der Waals surface area contributed by atoms with Gasteiger partial charge in [-0.2, -0.15) is 0 Å². The lowest BCUT2D eigenvalue weighted by Crippen LogP contribution is -2.53. The van der Waals surface area contributed by atoms with Crippen LogP contribution in [0.4, 0.5) is 4.79 Å². The van der Waals surface area contributed by atoms with Gasteiger partial charge in [-0.1, -0.05) is 28.1 Å². The van der Waals surface area contributed by atoms with E-state index in [4.69, 9.17) is 4.74 Å². The smallest absolute Gasteiger partial charge is 0.328 e. The van der Waals surface area contributed by atoms with Gasteiger partial charge in [0.15, 0.2) is 0 Å². The van der Waals surface area contributed by atoms with Crippen LogP contribution in [-0.2, 0) is 11.2 Å². The summed E-state index contributed by atoms with van der Waals surface area (Å²) in [5.74, 6) is 1.40. The number of alkyl halides is 1. The van der Waals surface area contributed by atoms with Crippen molar-refractivity contribution in [3.8, 4) is 11.5 Å². The molecule has 0 radical (unpaired) electrons. The van der Waals surface area contributed by atoms with Crippen molar-refractivity contribution in [2.24, 2.45) is 5.92 Å². The van der Waals surface area contributed by atoms with Gasteiger partial charge in [0.1, 0.15) is 23.1 Å². The van der Waals surface area contributed by atoms with E-state index in [1.54, 1.807) is 23.1 Å². The van der Waals surface area contributed by atoms with Crippen LogP contribution in [0.15, 0.2) is 42.5 Å². The minimum Gasteiger partial charge on any atom is -0.508 e. The first-order valence-electron chi connectivity index (χ1n) is 11.7. The Bertz CT molecular complexity index is 1320. The van der Waals surface area contributed by atoms with Crippen molar-refractivity contribution in [3.05, 3.63) is 59.3 Å². The molecule has 2 fully saturated rings. The molecule has 7 nitrogen and oxygen atoms in total. The normalized spacial score (nSPS) is 24.0. The van der Waals surface area contributed by atoms with E-state index in [-0.39, 0.29) is 17.7 Å². The van der Waals surface area contributed by atoms with Gasteiger partial charge in [0, 0.05) is 34.9 Å². The maximum Gasteiger partial charge on any atom is 0.328 e. The Labute approximate surface area is 205 Å². The largest absolute Gasteiger partial charge is 0.508 e. The number of H-pyrrole nitrogens is 1. The van der Waals surface area contributed by atoms with E-state index >= 15 is 0 Å². The summed E-state index contributed by atoms with van der Waals surface area (Å²) in [5, 5.41) is 11.7. The van der Waals surface area contributed by atoms with Crippen molar-refractivity contribution in [2.75, 3.05) is 18.5 Å². The van der Waals surface area contributed by atoms with Crippen LogP contribution < -0.4 is 4.74 Å². The topological polar surface area (TPSA) is 85.9 Å². The Balaban J connectivity index is 1.52. The van der Waals surface area contributed by atoms with E-state index < -0.39 is 11.6 Å². The Hall–Kier alpha value is -3.00. The van der Waals surface area contributed by atoms with E-state index in [0.29, 0.717) is 24.2 Å². The van der Waals surface area contributed by atoms with Crippen molar-refractivity contribution in [3.63, 3.8) is 0 Å². The zero-order chi connectivity index (χ0) is 23.6. The molecule has 1 aromatic heterocycles. The third kappa shape index (κ3) is 3.22. The summed E-state index contributed by atoms with van der Waals surface area (Å²) < 4.78 is 6.03. The van der Waals surface area contributed by atoms with E-state index in [9.17, 15) is 14.7 Å². The van der Waals surface area contributed by atoms with Crippen molar-refractivity contribution in [2.45, 2.75) is 37.8 Å². The summed E-state index contributed by atoms with van der Waals surface area (Å²) in [6, 6.07) is 12.1. The Morgan fingerprint density at radius 3 is 2.76 bits per heavy atom. The van der Waals surface area contributed by atoms with Crippen LogP contribution in [0.5, 0.6) is 11.5 Å². The molecule has 8 heteroatoms. The van der Waals surface area contributed by atoms with Gasteiger partial charge >= 0.3 is 6.03 Å². The molecule has 0 spiro atoms. The van der Waals surface area contributed by atoms with Crippen molar-refractivity contribution in [1.82, 2.24) is 14.8 Å². The molecule has 6 rings (SSSR count). The molecular formula is C26H26BrN3O4. The molecule has 3 heterocycles. The number of carbonyl (C=O) groups is 2. The van der Waals surface area contributed by atoms with Gasteiger partial charge in [0.05, 0.1) is 6.61 Å². The van der Waals surface area contributed by atoms with Crippen molar-refractivity contribution < 1.29 is 19.4 Å². The Kier molecular flexibility index (Phi) is 4.92. The highest BCUT2D eigenvalue weighted by Crippen LogP contribution is 2.49. The molecule has 1 saturated carbocycles. The molecule has 2 aromatic carbocycles. The number of ether oxygens (including phenoxy) is 1. The van der Waals surface area contributed by atoms with Crippen LogP contribution in [0.25, 0.3) is 10.9 Å². The number of benzene rings is 2. The fourth-order valence-corrected chi connectivity index (χ4v) is 5.76. The van der Waals surface area contributed by atoms with Crippen LogP contribution >= 0.6 is 15.9 Å². The summed E-state index contributed by atoms with van der Waals surface area (Å²) in [5.41, 5.74) is 2.56. The summed E-state index contributed by atoms with van der Waals surface area (Å²) in [4.78, 5) is 33.7. The minimum atomic E-state index is -1.03. The number of nitrogens with one attached hydrogen (secondary N) is 1. The van der Waals surface area contributed by atoms with E-state index in [1.165, 1.54) is 17.7 Å². The third-order valence-corrected chi connectivity index (χ3v) is 7.67. The van der Waals surface area contributed by atoms with Gasteiger partial charge in [-0.25, -0.2) is 4.79 Å². The number of aromatic amines is 1. The van der Waals surface area contributed by atoms with Gasteiger partial charge < -0.3 is 14.8 Å². The predicted molar refractivity (Wildman–Crippen MR) is 131 cm³/mol. The second-order valence-electron chi connectivity index (χ2n) is 9.73. The number of hydrogen-bond acceptors (Lipinski definition) is 4. The second-order valence-corrected chi connectivity index (χ2v) is 10.5. The summed E-state index contributed by atoms with van der Waals surface area (Å²) in [6.07, 6.45) is 2.86. The molecule has 34 heavy (non-hydrogen) atoms. The monoisotopic (exact) mass is 523 g/mol. The lowest BCUT2D eigenvalue weighted by Gasteiger charge is -2.42. The Morgan fingerprint density at radius 2 is 2.03 bits per heavy atom. The lowest BCUT2D eigenvalue weighted by molar-refractivity contribution is -0.133. The molecule has 2 N–H and O–H groups in total. The van der Waals surface area contributed by atoms with Crippen LogP contribution in [0.3, 0.4) is 0 Å². The number of hydrogen-bond donors (Lipinski definition) is 2. The average Bonchev–Trinajstić information content (AvgIpc) is 3.56. The third-order valence-electron chi connectivity index (χ3n) is 7.31. The SMILES string of the molecule is CC12Cc3c([nH]c4ccc(OCC5CC5)cc34)C(c3cccc(O)c3)N1C(=O)N(CCBr)C2=O. The van der Waals surface area contributed by atoms with Gasteiger partial charge in [-0.05, 0) is 67.1 Å². The van der Waals surface area contributed by atoms with Gasteiger partial charge in [-0.3, -0.25) is 14.6 Å². The highest BCUT2D eigenvalue weighted by Gasteiger charge is 2.60. The number of imide groups is 1. The molecule has 3 aliphatic rings. The maximum absolute atomic E-state index is 13.6. The summed E-state index contributed by atoms with van der Waals surface area (Å²) >= 11 is 3.37. The minimum absolute atomic E-state index is 0.119. The quantitative estimate of drug-likeness (QED) is 0.361. The molecule has 2 unspecified atom stereocenters. The zero-order valence-corrected chi connectivity index (χ0v) is 20.5. The zero-order valence-electron chi connectivity index (χ0n) is 18.9. The summed E-state index contributed by atoms with van der Waals surface area (Å²) in [6.45, 7) is 2.89. The van der Waals surface area contributed by atoms with Crippen molar-refractivity contribution >= 4 is 38.8 Å². The number of phenolic OH excluding ortho intramolecular Hbond substituents is 1. The van der Waals surface area contributed by atoms with Gasteiger partial charge in [0.25, 0.3) is 5.91 Å². The highest BCUT2D eigenvalue weighted by molar-refractivity contribution is 9.09. The number of halogens is 1. The summed E-state index contributed by atoms with van der Waals surface area (Å²) in [7, 11) is 0. The first-order chi connectivity index (χ1) is 16.4. The highest BCUT2D eigenvalue weighted by atomic mass is 79.9. The number of carbonyl (C=O) groups excluding carboxylic acids is 2. The first-order valence-corrected chi connectivity index (χ1v) is 12.8. The van der Waals surface area contributed by atoms with Crippen LogP contribution in [0.1, 0.15) is 42.6 Å². The molecule has 0 bridgehead atoms. The molecule has 176 valence electrons. The fourth-order valence-electron chi connectivity index (χ4n) is 5.40. The van der Waals surface area contributed by atoms with Crippen LogP contribution in [0.2, 0.25) is 0 Å². The molecule has 3 aromatic rings. The molecular weight excluding hydrogens is 498 g/mol. The van der Waals surface area contributed by atoms with Gasteiger partial charge in [0.2, 0.25) is 0 Å². The predicted octanol–water partition coefficient (Wildman–Crippen LogP) is 4.73. The van der Waals surface area contributed by atoms with E-state index in [0.717, 1.165) is 40.1 Å². The number of amides is 3. The molecule has 2 aliphatic heterocycles. The molecule has 2 atom stereocenters. The van der Waals surface area contributed by atoms with Crippen LogP contribution in [-0.4, -0.2) is 55.8 Å². The first kappa shape index (κ1) is 21.5. The van der Waals surface area contributed by atoms with Crippen LogP contribution in [0, 0.1) is 5.92 Å². The Morgan fingerprint density at radius 1 is 1.21 bits per heavy atom. The van der Waals surface area contributed by atoms with E-state index in [1.807, 2.05) is 31.2 Å². The standard InChI is InChI=1S/C26H26BrN3O4/c1-26-13-20-19-12-18(34-14-15-5-6-15)7-8-21(19)28-22(20)23(16-3-2-4-17(31)11-16)30(26)25(33)29(10-9-27)24(26)32/h2-4,7-8,11-12,15,23,28,31H,5-6,9-10,13-14H2,1H3. The second kappa shape index (κ2) is 7.77. The molecule has 1 saturated heterocycles. The number of aromatic nitrogens is 1. The number of fused-ring (bicyclic) bond motifs is 4. The average molecular weight is 524 g/mol. The van der Waals surface area contributed by atoms with Gasteiger partial charge in [-0.15, -0.1) is 0 Å². The number of urea groups is 1. The number of rotatable bonds is 6. The lowest BCUT2D eigenvalue weighted by atomic mass is 9.81.